The molecule has 7 aliphatic carbocycles. The standard InChI is InChI=1S/C53H75NO7/c1-10-59-43(55)35-21-28-54(29-22-35)45(57)52-25-18-36(33(2)3)42(52)37-16-17-40-48(6)23-20-41(47(4,5)39(48)19-24-50(40,8)49(37,7)26-27-52)61-46(58)53-30-38(51(53,9)32-53)44(56)60-31-34-14-12-11-13-15-34/h11-15,35-42H,2,10,16-32H2,1,3-9H3. The van der Waals surface area contributed by atoms with Crippen molar-refractivity contribution in [1.82, 2.24) is 4.90 Å². The third kappa shape index (κ3) is 6.07. The highest BCUT2D eigenvalue weighted by molar-refractivity contribution is 5.90. The SMILES string of the molecule is C=C(C)C1CCC2(C(=O)N3CCC(C(=O)OCC)CC3)CCC3(C)C(CCC4C5(C)CCC(OC(=O)C67CC(C(=O)OCc8ccccc8)C6(C)C7)C(C)(C)C5CCC43C)C12. The van der Waals surface area contributed by atoms with Crippen LogP contribution in [-0.2, 0) is 40.0 Å². The van der Waals surface area contributed by atoms with Crippen molar-refractivity contribution >= 4 is 23.8 Å². The van der Waals surface area contributed by atoms with Crippen LogP contribution in [0, 0.1) is 79.3 Å². The molecule has 0 aromatic heterocycles. The second-order valence-corrected chi connectivity index (χ2v) is 23.4. The van der Waals surface area contributed by atoms with E-state index in [1.54, 1.807) is 0 Å². The zero-order valence-electron chi connectivity index (χ0n) is 38.7. The molecule has 0 spiro atoms. The van der Waals surface area contributed by atoms with E-state index in [1.165, 1.54) is 12.0 Å². The monoisotopic (exact) mass is 838 g/mol. The number of carbonyl (C=O) groups excluding carboxylic acids is 4. The molecule has 1 aliphatic heterocycles. The highest BCUT2D eigenvalue weighted by atomic mass is 16.6. The molecule has 1 amide bonds. The normalized spacial score (nSPS) is 44.4. The van der Waals surface area contributed by atoms with Gasteiger partial charge in [0.1, 0.15) is 12.7 Å². The fraction of sp³-hybridized carbons (Fsp3) is 0.774. The number of benzene rings is 1. The lowest BCUT2D eigenvalue weighted by Crippen LogP contribution is -2.67. The molecule has 0 bridgehead atoms. The van der Waals surface area contributed by atoms with Crippen molar-refractivity contribution in [3.05, 3.63) is 48.0 Å². The highest BCUT2D eigenvalue weighted by Gasteiger charge is 2.83. The molecule has 8 nitrogen and oxygen atoms in total. The van der Waals surface area contributed by atoms with Crippen LogP contribution in [0.15, 0.2) is 42.5 Å². The summed E-state index contributed by atoms with van der Waals surface area (Å²) < 4.78 is 17.8. The van der Waals surface area contributed by atoms with Crippen molar-refractivity contribution < 1.29 is 33.4 Å². The van der Waals surface area contributed by atoms with Crippen LogP contribution in [0.25, 0.3) is 0 Å². The minimum absolute atomic E-state index is 0.0929. The topological polar surface area (TPSA) is 99.2 Å². The van der Waals surface area contributed by atoms with E-state index >= 15 is 4.79 Å². The molecule has 1 aromatic rings. The summed E-state index contributed by atoms with van der Waals surface area (Å²) in [4.78, 5) is 57.1. The predicted molar refractivity (Wildman–Crippen MR) is 234 cm³/mol. The molecule has 7 saturated carbocycles. The highest BCUT2D eigenvalue weighted by Crippen LogP contribution is 2.82. The molecule has 0 N–H and O–H groups in total. The molecule has 13 atom stereocenters. The molecule has 0 radical (unpaired) electrons. The Morgan fingerprint density at radius 2 is 1.48 bits per heavy atom. The summed E-state index contributed by atoms with van der Waals surface area (Å²) in [6.45, 7) is 25.3. The van der Waals surface area contributed by atoms with Gasteiger partial charge in [-0.25, -0.2) is 0 Å². The molecule has 8 heteroatoms. The Hall–Kier alpha value is -3.16. The maximum absolute atomic E-state index is 15.0. The maximum Gasteiger partial charge on any atom is 0.312 e. The molecule has 13 unspecified atom stereocenters. The number of hydrogen-bond donors (Lipinski definition) is 0. The molecular weight excluding hydrogens is 763 g/mol. The Kier molecular flexibility index (Phi) is 10.4. The van der Waals surface area contributed by atoms with Crippen molar-refractivity contribution in [3.63, 3.8) is 0 Å². The summed E-state index contributed by atoms with van der Waals surface area (Å²) in [6, 6.07) is 9.78. The van der Waals surface area contributed by atoms with E-state index in [2.05, 4.69) is 59.9 Å². The summed E-state index contributed by atoms with van der Waals surface area (Å²) in [7, 11) is 0. The number of allylic oxidation sites excluding steroid dienone is 1. The molecule has 1 heterocycles. The Morgan fingerprint density at radius 3 is 2.15 bits per heavy atom. The molecule has 8 fully saturated rings. The lowest BCUT2D eigenvalue weighted by Gasteiger charge is -2.73. The third-order valence-corrected chi connectivity index (χ3v) is 20.9. The number of piperidine rings is 1. The number of fused-ring (bicyclic) bond motifs is 8. The van der Waals surface area contributed by atoms with Gasteiger partial charge >= 0.3 is 17.9 Å². The Morgan fingerprint density at radius 1 is 0.754 bits per heavy atom. The van der Waals surface area contributed by atoms with Crippen LogP contribution in [0.5, 0.6) is 0 Å². The van der Waals surface area contributed by atoms with Gasteiger partial charge in [-0.2, -0.15) is 0 Å². The fourth-order valence-electron chi connectivity index (χ4n) is 17.2. The number of likely N-dealkylation sites (tertiary alicyclic amines) is 1. The van der Waals surface area contributed by atoms with Gasteiger partial charge in [-0.05, 0) is 161 Å². The van der Waals surface area contributed by atoms with Crippen molar-refractivity contribution in [2.45, 2.75) is 158 Å². The van der Waals surface area contributed by atoms with Gasteiger partial charge < -0.3 is 19.1 Å². The second-order valence-electron chi connectivity index (χ2n) is 23.4. The lowest BCUT2D eigenvalue weighted by atomic mass is 9.32. The number of carbonyl (C=O) groups is 4. The first-order chi connectivity index (χ1) is 28.8. The Bertz CT molecular complexity index is 1950. The Balaban J connectivity index is 0.890. The van der Waals surface area contributed by atoms with Crippen molar-refractivity contribution in [2.75, 3.05) is 19.7 Å². The maximum atomic E-state index is 15.0. The van der Waals surface area contributed by atoms with E-state index < -0.39 is 5.41 Å². The van der Waals surface area contributed by atoms with Crippen LogP contribution in [0.1, 0.15) is 151 Å². The van der Waals surface area contributed by atoms with E-state index in [0.717, 1.165) is 63.4 Å². The molecule has 1 saturated heterocycles. The van der Waals surface area contributed by atoms with Gasteiger partial charge in [-0.3, -0.25) is 19.2 Å². The van der Waals surface area contributed by atoms with Crippen LogP contribution in [0.3, 0.4) is 0 Å². The van der Waals surface area contributed by atoms with Crippen LogP contribution in [-0.4, -0.2) is 54.5 Å². The first kappa shape index (κ1) is 43.1. The van der Waals surface area contributed by atoms with E-state index in [1.807, 2.05) is 37.3 Å². The first-order valence-corrected chi connectivity index (χ1v) is 24.4. The first-order valence-electron chi connectivity index (χ1n) is 24.4. The van der Waals surface area contributed by atoms with Crippen molar-refractivity contribution in [3.8, 4) is 0 Å². The van der Waals surface area contributed by atoms with Gasteiger partial charge in [0.25, 0.3) is 0 Å². The quantitative estimate of drug-likeness (QED) is 0.139. The van der Waals surface area contributed by atoms with E-state index in [0.29, 0.717) is 80.9 Å². The number of ether oxygens (including phenoxy) is 3. The van der Waals surface area contributed by atoms with E-state index in [9.17, 15) is 14.4 Å². The van der Waals surface area contributed by atoms with Crippen LogP contribution in [0.4, 0.5) is 0 Å². The number of nitrogens with zero attached hydrogens (tertiary/aromatic N) is 1. The molecule has 8 aliphatic rings. The summed E-state index contributed by atoms with van der Waals surface area (Å²) in [5, 5.41) is 0. The largest absolute Gasteiger partial charge is 0.466 e. The summed E-state index contributed by atoms with van der Waals surface area (Å²) in [6.07, 6.45) is 13.1. The van der Waals surface area contributed by atoms with Crippen LogP contribution < -0.4 is 0 Å². The second kappa shape index (κ2) is 14.7. The Labute approximate surface area is 366 Å². The van der Waals surface area contributed by atoms with Crippen LogP contribution in [0.2, 0.25) is 0 Å². The molecule has 334 valence electrons. The smallest absolute Gasteiger partial charge is 0.312 e. The minimum Gasteiger partial charge on any atom is -0.466 e. The number of rotatable bonds is 9. The van der Waals surface area contributed by atoms with Gasteiger partial charge in [0.15, 0.2) is 0 Å². The summed E-state index contributed by atoms with van der Waals surface area (Å²) in [5.74, 6) is 1.72. The van der Waals surface area contributed by atoms with Gasteiger partial charge in [0.2, 0.25) is 5.91 Å². The van der Waals surface area contributed by atoms with Gasteiger partial charge in [-0.15, -0.1) is 0 Å². The number of esters is 3. The van der Waals surface area contributed by atoms with E-state index in [-0.39, 0.29) is 74.9 Å². The number of amides is 1. The minimum atomic E-state index is -0.559. The zero-order chi connectivity index (χ0) is 43.5. The average Bonchev–Trinajstić information content (AvgIpc) is 3.48. The van der Waals surface area contributed by atoms with Crippen molar-refractivity contribution in [2.24, 2.45) is 79.3 Å². The number of hydrogen-bond acceptors (Lipinski definition) is 7. The fourth-order valence-corrected chi connectivity index (χ4v) is 17.2. The summed E-state index contributed by atoms with van der Waals surface area (Å²) >= 11 is 0. The van der Waals surface area contributed by atoms with Gasteiger partial charge in [0.05, 0.1) is 29.3 Å². The van der Waals surface area contributed by atoms with Crippen LogP contribution >= 0.6 is 0 Å². The lowest BCUT2D eigenvalue weighted by molar-refractivity contribution is -0.251. The average molecular weight is 838 g/mol. The molecule has 1 aromatic carbocycles. The van der Waals surface area contributed by atoms with Gasteiger partial charge in [-0.1, -0.05) is 84.0 Å². The molecule has 61 heavy (non-hydrogen) atoms. The van der Waals surface area contributed by atoms with Crippen molar-refractivity contribution in [1.29, 1.82) is 0 Å². The molecule has 9 rings (SSSR count). The summed E-state index contributed by atoms with van der Waals surface area (Å²) in [5.41, 5.74) is 1.13. The molecular formula is C53H75NO7. The van der Waals surface area contributed by atoms with E-state index in [4.69, 9.17) is 14.2 Å². The van der Waals surface area contributed by atoms with Gasteiger partial charge in [0, 0.05) is 18.5 Å². The predicted octanol–water partition coefficient (Wildman–Crippen LogP) is 10.5. The third-order valence-electron chi connectivity index (χ3n) is 20.9. The zero-order valence-corrected chi connectivity index (χ0v) is 38.7.